The number of fused-ring (bicyclic) bond motifs is 1. The third-order valence-corrected chi connectivity index (χ3v) is 3.23. The van der Waals surface area contributed by atoms with Crippen molar-refractivity contribution in [3.63, 3.8) is 0 Å². The van der Waals surface area contributed by atoms with Crippen molar-refractivity contribution in [1.82, 2.24) is 10.3 Å². The van der Waals surface area contributed by atoms with Crippen molar-refractivity contribution in [2.45, 2.75) is 37.5 Å². The van der Waals surface area contributed by atoms with Crippen molar-refractivity contribution in [3.05, 3.63) is 17.3 Å². The van der Waals surface area contributed by atoms with E-state index in [2.05, 4.69) is 10.3 Å². The second-order valence-corrected chi connectivity index (χ2v) is 4.43. The Hall–Kier alpha value is -0.830. The molecule has 1 atom stereocenters. The molecule has 0 spiro atoms. The first kappa shape index (κ1) is 8.48. The molecule has 14 heavy (non-hydrogen) atoms. The van der Waals surface area contributed by atoms with E-state index >= 15 is 0 Å². The van der Waals surface area contributed by atoms with E-state index in [9.17, 15) is 0 Å². The molecule has 0 bridgehead atoms. The summed E-state index contributed by atoms with van der Waals surface area (Å²) in [6.45, 7) is 1.03. The van der Waals surface area contributed by atoms with Crippen molar-refractivity contribution < 1.29 is 4.42 Å². The maximum atomic E-state index is 5.79. The standard InChI is InChI=1S/C11H16N2O/c1-12-6-8-4-5-9-10(8)13-11(14-9)7-2-3-7/h7-8,12H,2-6H2,1H3. The zero-order valence-corrected chi connectivity index (χ0v) is 8.55. The van der Waals surface area contributed by atoms with Gasteiger partial charge in [-0.3, -0.25) is 0 Å². The molecule has 0 aromatic carbocycles. The SMILES string of the molecule is CNCC1CCc2oc(C3CC3)nc21. The molecule has 1 N–H and O–H groups in total. The van der Waals surface area contributed by atoms with Gasteiger partial charge in [-0.15, -0.1) is 0 Å². The Morgan fingerprint density at radius 3 is 3.00 bits per heavy atom. The highest BCUT2D eigenvalue weighted by Crippen LogP contribution is 2.43. The second kappa shape index (κ2) is 3.09. The highest BCUT2D eigenvalue weighted by atomic mass is 16.4. The Kier molecular flexibility index (Phi) is 1.87. The largest absolute Gasteiger partial charge is 0.445 e. The minimum Gasteiger partial charge on any atom is -0.445 e. The van der Waals surface area contributed by atoms with Gasteiger partial charge in [0.1, 0.15) is 5.76 Å². The third-order valence-electron chi connectivity index (χ3n) is 3.23. The molecule has 1 aromatic heterocycles. The van der Waals surface area contributed by atoms with Crippen molar-refractivity contribution in [3.8, 4) is 0 Å². The Balaban J connectivity index is 1.86. The lowest BCUT2D eigenvalue weighted by atomic mass is 10.1. The molecule has 1 aromatic rings. The third kappa shape index (κ3) is 1.27. The number of aromatic nitrogens is 1. The molecule has 2 aliphatic carbocycles. The first-order valence-corrected chi connectivity index (χ1v) is 5.52. The highest BCUT2D eigenvalue weighted by molar-refractivity contribution is 5.23. The summed E-state index contributed by atoms with van der Waals surface area (Å²) in [6, 6.07) is 0. The summed E-state index contributed by atoms with van der Waals surface area (Å²) in [6.07, 6.45) is 4.83. The van der Waals surface area contributed by atoms with Crippen LogP contribution in [0.3, 0.4) is 0 Å². The van der Waals surface area contributed by atoms with Crippen LogP contribution in [-0.2, 0) is 6.42 Å². The molecule has 2 aliphatic rings. The molecule has 76 valence electrons. The quantitative estimate of drug-likeness (QED) is 0.793. The van der Waals surface area contributed by atoms with Crippen molar-refractivity contribution >= 4 is 0 Å². The van der Waals surface area contributed by atoms with Crippen LogP contribution >= 0.6 is 0 Å². The molecule has 0 amide bonds. The first-order chi connectivity index (χ1) is 6.88. The summed E-state index contributed by atoms with van der Waals surface area (Å²) < 4.78 is 5.79. The van der Waals surface area contributed by atoms with E-state index in [-0.39, 0.29) is 0 Å². The topological polar surface area (TPSA) is 38.1 Å². The molecule has 1 saturated carbocycles. The van der Waals surface area contributed by atoms with Crippen LogP contribution in [0.25, 0.3) is 0 Å². The molecule has 3 heteroatoms. The summed E-state index contributed by atoms with van der Waals surface area (Å²) in [4.78, 5) is 4.65. The molecule has 1 unspecified atom stereocenters. The molecule has 3 rings (SSSR count). The summed E-state index contributed by atoms with van der Waals surface area (Å²) in [5.74, 6) is 3.41. The van der Waals surface area contributed by atoms with E-state index in [1.807, 2.05) is 7.05 Å². The van der Waals surface area contributed by atoms with Gasteiger partial charge in [0.05, 0.1) is 5.69 Å². The fourth-order valence-corrected chi connectivity index (χ4v) is 2.27. The molecular formula is C11H16N2O. The molecule has 1 fully saturated rings. The van der Waals surface area contributed by atoms with E-state index in [4.69, 9.17) is 4.42 Å². The average Bonchev–Trinajstić information content (AvgIpc) is 2.84. The predicted octanol–water partition coefficient (Wildman–Crippen LogP) is 1.80. The summed E-state index contributed by atoms with van der Waals surface area (Å²) >= 11 is 0. The lowest BCUT2D eigenvalue weighted by Crippen LogP contribution is -2.15. The van der Waals surface area contributed by atoms with E-state index in [1.165, 1.54) is 25.0 Å². The Morgan fingerprint density at radius 2 is 2.29 bits per heavy atom. The van der Waals surface area contributed by atoms with Crippen LogP contribution in [0.15, 0.2) is 4.42 Å². The molecule has 0 saturated heterocycles. The van der Waals surface area contributed by atoms with E-state index in [0.717, 1.165) is 24.6 Å². The second-order valence-electron chi connectivity index (χ2n) is 4.43. The summed E-state index contributed by atoms with van der Waals surface area (Å²) in [5.41, 5.74) is 1.24. The van der Waals surface area contributed by atoms with Gasteiger partial charge in [-0.05, 0) is 26.3 Å². The predicted molar refractivity (Wildman–Crippen MR) is 53.5 cm³/mol. The van der Waals surface area contributed by atoms with Crippen molar-refractivity contribution in [2.75, 3.05) is 13.6 Å². The minimum atomic E-state index is 0.589. The number of oxazole rings is 1. The van der Waals surface area contributed by atoms with Crippen LogP contribution in [0.2, 0.25) is 0 Å². The number of rotatable bonds is 3. The van der Waals surface area contributed by atoms with Crippen LogP contribution in [0.4, 0.5) is 0 Å². The molecule has 1 heterocycles. The first-order valence-electron chi connectivity index (χ1n) is 5.52. The van der Waals surface area contributed by atoms with Crippen LogP contribution in [-0.4, -0.2) is 18.6 Å². The number of nitrogens with one attached hydrogen (secondary N) is 1. The van der Waals surface area contributed by atoms with Gasteiger partial charge in [-0.25, -0.2) is 4.98 Å². The minimum absolute atomic E-state index is 0.589. The zero-order chi connectivity index (χ0) is 9.54. The van der Waals surface area contributed by atoms with Gasteiger partial charge < -0.3 is 9.73 Å². The number of aryl methyl sites for hydroxylation is 1. The summed E-state index contributed by atoms with van der Waals surface area (Å²) in [5, 5.41) is 3.22. The van der Waals surface area contributed by atoms with Gasteiger partial charge >= 0.3 is 0 Å². The molecule has 0 radical (unpaired) electrons. The Morgan fingerprint density at radius 1 is 1.43 bits per heavy atom. The van der Waals surface area contributed by atoms with Gasteiger partial charge in [0.25, 0.3) is 0 Å². The van der Waals surface area contributed by atoms with Gasteiger partial charge in [0.15, 0.2) is 5.89 Å². The van der Waals surface area contributed by atoms with Crippen LogP contribution in [0.1, 0.15) is 48.4 Å². The smallest absolute Gasteiger partial charge is 0.197 e. The van der Waals surface area contributed by atoms with Crippen molar-refractivity contribution in [2.24, 2.45) is 0 Å². The van der Waals surface area contributed by atoms with Crippen LogP contribution < -0.4 is 5.32 Å². The monoisotopic (exact) mass is 192 g/mol. The fraction of sp³-hybridized carbons (Fsp3) is 0.727. The normalized spacial score (nSPS) is 25.4. The fourth-order valence-electron chi connectivity index (χ4n) is 2.27. The van der Waals surface area contributed by atoms with E-state index in [1.54, 1.807) is 0 Å². The van der Waals surface area contributed by atoms with Gasteiger partial charge in [-0.2, -0.15) is 0 Å². The van der Waals surface area contributed by atoms with Crippen LogP contribution in [0.5, 0.6) is 0 Å². The van der Waals surface area contributed by atoms with Gasteiger partial charge in [0, 0.05) is 24.8 Å². The van der Waals surface area contributed by atoms with Gasteiger partial charge in [0.2, 0.25) is 0 Å². The lowest BCUT2D eigenvalue weighted by molar-refractivity contribution is 0.455. The molecule has 0 aliphatic heterocycles. The highest BCUT2D eigenvalue weighted by Gasteiger charge is 2.34. The maximum Gasteiger partial charge on any atom is 0.197 e. The van der Waals surface area contributed by atoms with Crippen LogP contribution in [0, 0.1) is 0 Å². The number of likely N-dealkylation sites (N-methyl/N-ethyl adjacent to an activating group) is 1. The Labute approximate surface area is 83.9 Å². The Bertz CT molecular complexity index is 341. The average molecular weight is 192 g/mol. The lowest BCUT2D eigenvalue weighted by Gasteiger charge is -2.06. The van der Waals surface area contributed by atoms with Crippen molar-refractivity contribution in [1.29, 1.82) is 0 Å². The number of hydrogen-bond acceptors (Lipinski definition) is 3. The molecule has 3 nitrogen and oxygen atoms in total. The molecular weight excluding hydrogens is 176 g/mol. The van der Waals surface area contributed by atoms with E-state index < -0.39 is 0 Å². The summed E-state index contributed by atoms with van der Waals surface area (Å²) in [7, 11) is 2.00. The number of hydrogen-bond donors (Lipinski definition) is 1. The zero-order valence-electron chi connectivity index (χ0n) is 8.55. The maximum absolute atomic E-state index is 5.79. The number of nitrogens with zero attached hydrogens (tertiary/aromatic N) is 1. The van der Waals surface area contributed by atoms with E-state index in [0.29, 0.717) is 11.8 Å². The van der Waals surface area contributed by atoms with Gasteiger partial charge in [-0.1, -0.05) is 0 Å².